The number of rotatable bonds is 5. The Balaban J connectivity index is 1.57. The number of aromatic nitrogens is 1. The second kappa shape index (κ2) is 6.94. The van der Waals surface area contributed by atoms with Crippen LogP contribution in [-0.2, 0) is 11.2 Å². The molecule has 128 valence electrons. The molecule has 1 saturated carbocycles. The van der Waals surface area contributed by atoms with Crippen molar-refractivity contribution in [3.05, 3.63) is 64.5 Å². The summed E-state index contributed by atoms with van der Waals surface area (Å²) in [5, 5.41) is 17.9. The van der Waals surface area contributed by atoms with Crippen LogP contribution in [0.3, 0.4) is 0 Å². The number of para-hydroxylation sites is 1. The van der Waals surface area contributed by atoms with Gasteiger partial charge in [-0.15, -0.1) is 0 Å². The third-order valence-electron chi connectivity index (χ3n) is 4.85. The Kier molecular flexibility index (Phi) is 4.51. The summed E-state index contributed by atoms with van der Waals surface area (Å²) in [7, 11) is 0. The fourth-order valence-corrected chi connectivity index (χ4v) is 4.11. The van der Waals surface area contributed by atoms with Gasteiger partial charge in [-0.1, -0.05) is 18.2 Å². The quantitative estimate of drug-likeness (QED) is 0.739. The number of aliphatic hydroxyl groups is 1. The topological polar surface area (TPSA) is 62.2 Å². The molecule has 5 heteroatoms. The van der Waals surface area contributed by atoms with Gasteiger partial charge in [0.2, 0.25) is 5.91 Å². The van der Waals surface area contributed by atoms with Crippen molar-refractivity contribution in [3.63, 3.8) is 0 Å². The van der Waals surface area contributed by atoms with Crippen molar-refractivity contribution in [1.82, 2.24) is 10.3 Å². The van der Waals surface area contributed by atoms with Crippen molar-refractivity contribution in [3.8, 4) is 0 Å². The Hall–Kier alpha value is -2.24. The number of nitrogens with one attached hydrogen (secondary N) is 1. The molecule has 1 atom stereocenters. The fourth-order valence-electron chi connectivity index (χ4n) is 3.44. The van der Waals surface area contributed by atoms with Crippen molar-refractivity contribution in [2.75, 3.05) is 0 Å². The summed E-state index contributed by atoms with van der Waals surface area (Å²) >= 11 is 1.60. The first-order chi connectivity index (χ1) is 12.2. The monoisotopic (exact) mass is 352 g/mol. The lowest BCUT2D eigenvalue weighted by molar-refractivity contribution is -0.122. The minimum absolute atomic E-state index is 0.0120. The van der Waals surface area contributed by atoms with E-state index in [0.717, 1.165) is 34.9 Å². The first-order valence-corrected chi connectivity index (χ1v) is 9.46. The Labute approximate surface area is 150 Å². The zero-order valence-corrected chi connectivity index (χ0v) is 14.6. The number of fused-ring (bicyclic) bond motifs is 1. The van der Waals surface area contributed by atoms with E-state index in [1.807, 2.05) is 47.3 Å². The lowest BCUT2D eigenvalue weighted by Crippen LogP contribution is -2.41. The molecule has 1 aliphatic rings. The SMILES string of the molecule is O=C(Cc1ccsc1)N[C@@H](c1cnc2ccccc2c1)C1CC(O)C1. The minimum atomic E-state index is -0.255. The number of benzene rings is 1. The molecule has 0 radical (unpaired) electrons. The van der Waals surface area contributed by atoms with Gasteiger partial charge < -0.3 is 10.4 Å². The van der Waals surface area contributed by atoms with Crippen molar-refractivity contribution < 1.29 is 9.90 Å². The molecule has 2 N–H and O–H groups in total. The molecule has 1 aliphatic carbocycles. The van der Waals surface area contributed by atoms with E-state index in [0.29, 0.717) is 6.42 Å². The van der Waals surface area contributed by atoms with Gasteiger partial charge >= 0.3 is 0 Å². The summed E-state index contributed by atoms with van der Waals surface area (Å²) in [5.74, 6) is 0.266. The number of hydrogen-bond donors (Lipinski definition) is 2. The van der Waals surface area contributed by atoms with E-state index < -0.39 is 0 Å². The molecule has 2 aromatic heterocycles. The van der Waals surface area contributed by atoms with E-state index in [-0.39, 0.29) is 24.0 Å². The molecule has 0 spiro atoms. The Morgan fingerprint density at radius 2 is 2.16 bits per heavy atom. The Morgan fingerprint density at radius 1 is 1.32 bits per heavy atom. The van der Waals surface area contributed by atoms with Crippen molar-refractivity contribution in [2.45, 2.75) is 31.4 Å². The van der Waals surface area contributed by atoms with Crippen LogP contribution in [0.1, 0.15) is 30.0 Å². The molecule has 1 fully saturated rings. The highest BCUT2D eigenvalue weighted by molar-refractivity contribution is 7.08. The van der Waals surface area contributed by atoms with Crippen LogP contribution >= 0.6 is 11.3 Å². The van der Waals surface area contributed by atoms with Crippen LogP contribution in [0.4, 0.5) is 0 Å². The number of thiophene rings is 1. The van der Waals surface area contributed by atoms with Crippen LogP contribution in [0, 0.1) is 5.92 Å². The second-order valence-electron chi connectivity index (χ2n) is 6.70. The third kappa shape index (κ3) is 3.57. The lowest BCUT2D eigenvalue weighted by Gasteiger charge is -2.38. The van der Waals surface area contributed by atoms with Gasteiger partial charge in [0.1, 0.15) is 0 Å². The van der Waals surface area contributed by atoms with Gasteiger partial charge in [-0.2, -0.15) is 11.3 Å². The van der Waals surface area contributed by atoms with E-state index in [1.54, 1.807) is 11.3 Å². The second-order valence-corrected chi connectivity index (χ2v) is 7.48. The van der Waals surface area contributed by atoms with Crippen molar-refractivity contribution >= 4 is 28.1 Å². The van der Waals surface area contributed by atoms with Crippen LogP contribution in [0.15, 0.2) is 53.4 Å². The van der Waals surface area contributed by atoms with Crippen LogP contribution in [0.2, 0.25) is 0 Å². The Morgan fingerprint density at radius 3 is 2.92 bits per heavy atom. The van der Waals surface area contributed by atoms with Gasteiger partial charge in [0.25, 0.3) is 0 Å². The maximum Gasteiger partial charge on any atom is 0.224 e. The van der Waals surface area contributed by atoms with Crippen LogP contribution in [0.5, 0.6) is 0 Å². The fraction of sp³-hybridized carbons (Fsp3) is 0.300. The molecule has 4 nitrogen and oxygen atoms in total. The summed E-state index contributed by atoms with van der Waals surface area (Å²) in [4.78, 5) is 17.0. The Bertz CT molecular complexity index is 872. The molecule has 0 saturated heterocycles. The molecule has 25 heavy (non-hydrogen) atoms. The van der Waals surface area contributed by atoms with E-state index in [9.17, 15) is 9.90 Å². The molecular formula is C20H20N2O2S. The van der Waals surface area contributed by atoms with Gasteiger partial charge in [-0.05, 0) is 58.8 Å². The molecule has 2 heterocycles. The first kappa shape index (κ1) is 16.2. The van der Waals surface area contributed by atoms with Gasteiger partial charge in [0.05, 0.1) is 24.1 Å². The number of carbonyl (C=O) groups excluding carboxylic acids is 1. The summed E-state index contributed by atoms with van der Waals surface area (Å²) in [6.07, 6.45) is 3.42. The lowest BCUT2D eigenvalue weighted by atomic mass is 9.75. The zero-order chi connectivity index (χ0) is 17.2. The largest absolute Gasteiger partial charge is 0.393 e. The van der Waals surface area contributed by atoms with Gasteiger partial charge in [-0.25, -0.2) is 0 Å². The molecule has 1 amide bonds. The summed E-state index contributed by atoms with van der Waals surface area (Å²) in [6, 6.07) is 11.9. The summed E-state index contributed by atoms with van der Waals surface area (Å²) in [5.41, 5.74) is 2.99. The summed E-state index contributed by atoms with van der Waals surface area (Å²) < 4.78 is 0. The van der Waals surface area contributed by atoms with Gasteiger partial charge in [-0.3, -0.25) is 9.78 Å². The van der Waals surface area contributed by atoms with Crippen LogP contribution < -0.4 is 5.32 Å². The normalized spacial score (nSPS) is 20.8. The van der Waals surface area contributed by atoms with E-state index in [2.05, 4.69) is 16.4 Å². The molecule has 0 aliphatic heterocycles. The zero-order valence-electron chi connectivity index (χ0n) is 13.8. The van der Waals surface area contributed by atoms with Gasteiger partial charge in [0.15, 0.2) is 0 Å². The molecule has 4 rings (SSSR count). The highest BCUT2D eigenvalue weighted by Gasteiger charge is 2.35. The number of nitrogens with zero attached hydrogens (tertiary/aromatic N) is 1. The van der Waals surface area contributed by atoms with Crippen molar-refractivity contribution in [2.24, 2.45) is 5.92 Å². The minimum Gasteiger partial charge on any atom is -0.393 e. The van der Waals surface area contributed by atoms with E-state index >= 15 is 0 Å². The highest BCUT2D eigenvalue weighted by atomic mass is 32.1. The summed E-state index contributed by atoms with van der Waals surface area (Å²) in [6.45, 7) is 0. The van der Waals surface area contributed by atoms with Crippen LogP contribution in [0.25, 0.3) is 10.9 Å². The predicted molar refractivity (Wildman–Crippen MR) is 99.4 cm³/mol. The third-order valence-corrected chi connectivity index (χ3v) is 5.59. The smallest absolute Gasteiger partial charge is 0.224 e. The average Bonchev–Trinajstić information content (AvgIpc) is 3.09. The van der Waals surface area contributed by atoms with E-state index in [4.69, 9.17) is 0 Å². The molecule has 3 aromatic rings. The number of aliphatic hydroxyl groups excluding tert-OH is 1. The first-order valence-electron chi connectivity index (χ1n) is 8.52. The molecular weight excluding hydrogens is 332 g/mol. The number of hydrogen-bond acceptors (Lipinski definition) is 4. The highest BCUT2D eigenvalue weighted by Crippen LogP contribution is 2.38. The van der Waals surface area contributed by atoms with E-state index in [1.165, 1.54) is 0 Å². The molecule has 1 aromatic carbocycles. The standard InChI is InChI=1S/C20H20N2O2S/c23-17-9-15(10-17)20(22-19(24)7-13-5-6-25-12-13)16-8-14-3-1-2-4-18(14)21-11-16/h1-6,8,11-12,15,17,20,23H,7,9-10H2,(H,22,24)/t15?,17?,20-/m1/s1. The number of carbonyl (C=O) groups is 1. The van der Waals surface area contributed by atoms with Crippen LogP contribution in [-0.4, -0.2) is 22.1 Å². The number of pyridine rings is 1. The maximum absolute atomic E-state index is 12.5. The predicted octanol–water partition coefficient (Wildman–Crippen LogP) is 3.47. The van der Waals surface area contributed by atoms with Gasteiger partial charge in [0, 0.05) is 11.6 Å². The molecule has 0 bridgehead atoms. The number of amides is 1. The van der Waals surface area contributed by atoms with Crippen molar-refractivity contribution in [1.29, 1.82) is 0 Å². The molecule has 0 unspecified atom stereocenters. The average molecular weight is 352 g/mol. The maximum atomic E-state index is 12.5.